The second kappa shape index (κ2) is 6.78. The summed E-state index contributed by atoms with van der Waals surface area (Å²) in [4.78, 5) is 18.5. The SMILES string of the molecule is COc1ccc2c3c([nH]c2c1)[C@@H](CO)NCC31CN(C(=O)C2CCCCC2)C1. The molecule has 0 unspecified atom stereocenters. The Morgan fingerprint density at radius 2 is 2.07 bits per heavy atom. The third-order valence-electron chi connectivity index (χ3n) is 7.04. The van der Waals surface area contributed by atoms with Crippen LogP contribution >= 0.6 is 0 Å². The zero-order valence-corrected chi connectivity index (χ0v) is 16.5. The molecule has 3 N–H and O–H groups in total. The number of nitrogens with zero attached hydrogens (tertiary/aromatic N) is 1. The van der Waals surface area contributed by atoms with E-state index in [-0.39, 0.29) is 24.0 Å². The minimum absolute atomic E-state index is 0.0533. The van der Waals surface area contributed by atoms with Crippen LogP contribution in [0.3, 0.4) is 0 Å². The van der Waals surface area contributed by atoms with Gasteiger partial charge in [-0.3, -0.25) is 4.79 Å². The Balaban J connectivity index is 1.47. The molecule has 1 saturated carbocycles. The summed E-state index contributed by atoms with van der Waals surface area (Å²) in [5.41, 5.74) is 3.29. The summed E-state index contributed by atoms with van der Waals surface area (Å²) in [6.07, 6.45) is 5.73. The zero-order valence-electron chi connectivity index (χ0n) is 16.5. The summed E-state index contributed by atoms with van der Waals surface area (Å²) in [5, 5.41) is 14.5. The molecular weight excluding hydrogens is 354 g/mol. The number of ether oxygens (including phenoxy) is 1. The zero-order chi connectivity index (χ0) is 19.3. The number of hydrogen-bond donors (Lipinski definition) is 3. The number of rotatable bonds is 3. The van der Waals surface area contributed by atoms with E-state index in [1.807, 2.05) is 12.1 Å². The third-order valence-corrected chi connectivity index (χ3v) is 7.04. The fourth-order valence-electron chi connectivity index (χ4n) is 5.54. The molecule has 1 saturated heterocycles. The van der Waals surface area contributed by atoms with Gasteiger partial charge in [-0.25, -0.2) is 0 Å². The van der Waals surface area contributed by atoms with Crippen LogP contribution in [0.2, 0.25) is 0 Å². The minimum atomic E-state index is -0.0953. The standard InChI is InChI=1S/C22H29N3O3/c1-28-15-7-8-16-17(9-15)24-20-18(10-26)23-11-22(19(16)20)12-25(13-22)21(27)14-5-3-2-4-6-14/h7-9,14,18,23-24,26H,2-6,10-13H2,1H3/t18-/m1/s1. The molecule has 3 heterocycles. The Hall–Kier alpha value is -2.05. The molecule has 6 nitrogen and oxygen atoms in total. The molecule has 1 aromatic heterocycles. The Morgan fingerprint density at radius 3 is 2.79 bits per heavy atom. The number of methoxy groups -OCH3 is 1. The number of hydrogen-bond acceptors (Lipinski definition) is 4. The first-order chi connectivity index (χ1) is 13.6. The molecule has 2 aromatic rings. The number of benzene rings is 1. The first kappa shape index (κ1) is 18.0. The molecule has 0 radical (unpaired) electrons. The van der Waals surface area contributed by atoms with E-state index in [0.717, 1.165) is 49.4 Å². The van der Waals surface area contributed by atoms with Gasteiger partial charge >= 0.3 is 0 Å². The van der Waals surface area contributed by atoms with Crippen molar-refractivity contribution in [1.29, 1.82) is 0 Å². The Bertz CT molecular complexity index is 894. The molecule has 0 bridgehead atoms. The predicted molar refractivity (Wildman–Crippen MR) is 108 cm³/mol. The molecule has 3 aliphatic rings. The normalized spacial score (nSPS) is 24.2. The predicted octanol–water partition coefficient (Wildman–Crippen LogP) is 2.47. The number of aliphatic hydroxyl groups excluding tert-OH is 1. The van der Waals surface area contributed by atoms with Gasteiger partial charge in [0.1, 0.15) is 5.75 Å². The van der Waals surface area contributed by atoms with Crippen LogP contribution in [-0.2, 0) is 10.2 Å². The fraction of sp³-hybridized carbons (Fsp3) is 0.591. The number of carbonyl (C=O) groups is 1. The summed E-state index contributed by atoms with van der Waals surface area (Å²) in [7, 11) is 1.67. The molecule has 1 atom stereocenters. The van der Waals surface area contributed by atoms with Crippen molar-refractivity contribution in [3.63, 3.8) is 0 Å². The van der Waals surface area contributed by atoms with Crippen LogP contribution in [0.5, 0.6) is 5.75 Å². The highest BCUT2D eigenvalue weighted by atomic mass is 16.5. The molecule has 1 aromatic carbocycles. The van der Waals surface area contributed by atoms with E-state index < -0.39 is 0 Å². The van der Waals surface area contributed by atoms with Crippen LogP contribution in [0.1, 0.15) is 49.4 Å². The number of carbonyl (C=O) groups excluding carboxylic acids is 1. The molecule has 1 spiro atoms. The molecule has 5 rings (SSSR count). The molecule has 1 amide bonds. The molecule has 2 fully saturated rings. The lowest BCUT2D eigenvalue weighted by atomic mass is 9.69. The number of aliphatic hydroxyl groups is 1. The maximum Gasteiger partial charge on any atom is 0.225 e. The molecule has 1 aliphatic carbocycles. The average Bonchev–Trinajstić information content (AvgIpc) is 3.10. The second-order valence-electron chi connectivity index (χ2n) is 8.75. The van der Waals surface area contributed by atoms with Crippen LogP contribution in [0.15, 0.2) is 18.2 Å². The van der Waals surface area contributed by atoms with Crippen LogP contribution in [0.25, 0.3) is 10.9 Å². The van der Waals surface area contributed by atoms with Crippen LogP contribution in [-0.4, -0.2) is 54.2 Å². The topological polar surface area (TPSA) is 77.6 Å². The van der Waals surface area contributed by atoms with E-state index >= 15 is 0 Å². The van der Waals surface area contributed by atoms with Crippen molar-refractivity contribution in [1.82, 2.24) is 15.2 Å². The Morgan fingerprint density at radius 1 is 1.29 bits per heavy atom. The van der Waals surface area contributed by atoms with Crippen LogP contribution in [0, 0.1) is 5.92 Å². The lowest BCUT2D eigenvalue weighted by Gasteiger charge is -2.54. The van der Waals surface area contributed by atoms with Gasteiger partial charge in [0, 0.05) is 53.6 Å². The van der Waals surface area contributed by atoms with E-state index in [4.69, 9.17) is 4.74 Å². The summed E-state index contributed by atoms with van der Waals surface area (Å²) >= 11 is 0. The number of fused-ring (bicyclic) bond motifs is 4. The van der Waals surface area contributed by atoms with Crippen LogP contribution < -0.4 is 10.1 Å². The molecule has 2 aliphatic heterocycles. The number of likely N-dealkylation sites (tertiary alicyclic amines) is 1. The first-order valence-electron chi connectivity index (χ1n) is 10.5. The molecule has 28 heavy (non-hydrogen) atoms. The summed E-state index contributed by atoms with van der Waals surface area (Å²) in [5.74, 6) is 1.38. The first-order valence-corrected chi connectivity index (χ1v) is 10.5. The molecule has 150 valence electrons. The van der Waals surface area contributed by atoms with Crippen molar-refractivity contribution in [2.45, 2.75) is 43.6 Å². The van der Waals surface area contributed by atoms with Crippen LogP contribution in [0.4, 0.5) is 0 Å². The number of H-pyrrole nitrogens is 1. The van der Waals surface area contributed by atoms with Crippen molar-refractivity contribution in [3.8, 4) is 5.75 Å². The number of amides is 1. The van der Waals surface area contributed by atoms with Crippen molar-refractivity contribution >= 4 is 16.8 Å². The Labute approximate surface area is 165 Å². The van der Waals surface area contributed by atoms with Crippen molar-refractivity contribution in [2.24, 2.45) is 5.92 Å². The fourth-order valence-corrected chi connectivity index (χ4v) is 5.54. The van der Waals surface area contributed by atoms with Crippen molar-refractivity contribution < 1.29 is 14.6 Å². The second-order valence-corrected chi connectivity index (χ2v) is 8.75. The number of aromatic nitrogens is 1. The lowest BCUT2D eigenvalue weighted by molar-refractivity contribution is -0.144. The van der Waals surface area contributed by atoms with Crippen molar-refractivity contribution in [2.75, 3.05) is 33.4 Å². The van der Waals surface area contributed by atoms with E-state index in [1.54, 1.807) is 7.11 Å². The molecule has 6 heteroatoms. The quantitative estimate of drug-likeness (QED) is 0.761. The smallest absolute Gasteiger partial charge is 0.225 e. The van der Waals surface area contributed by atoms with E-state index in [1.165, 1.54) is 30.2 Å². The van der Waals surface area contributed by atoms with E-state index in [9.17, 15) is 9.90 Å². The van der Waals surface area contributed by atoms with Gasteiger partial charge in [-0.05, 0) is 30.5 Å². The van der Waals surface area contributed by atoms with Gasteiger partial charge in [-0.15, -0.1) is 0 Å². The van der Waals surface area contributed by atoms with Gasteiger partial charge in [0.25, 0.3) is 0 Å². The molecular formula is C22H29N3O3. The largest absolute Gasteiger partial charge is 0.497 e. The summed E-state index contributed by atoms with van der Waals surface area (Å²) in [6.45, 7) is 2.37. The Kier molecular flexibility index (Phi) is 4.36. The third kappa shape index (κ3) is 2.65. The maximum absolute atomic E-state index is 13.0. The highest BCUT2D eigenvalue weighted by molar-refractivity contribution is 5.89. The van der Waals surface area contributed by atoms with Gasteiger partial charge in [-0.1, -0.05) is 19.3 Å². The van der Waals surface area contributed by atoms with Gasteiger partial charge in [0.2, 0.25) is 5.91 Å². The minimum Gasteiger partial charge on any atom is -0.497 e. The monoisotopic (exact) mass is 383 g/mol. The number of aromatic amines is 1. The van der Waals surface area contributed by atoms with E-state index in [2.05, 4.69) is 21.3 Å². The highest BCUT2D eigenvalue weighted by Gasteiger charge is 2.52. The average molecular weight is 383 g/mol. The van der Waals surface area contributed by atoms with E-state index in [0.29, 0.717) is 5.91 Å². The van der Waals surface area contributed by atoms with Gasteiger partial charge in [0.15, 0.2) is 0 Å². The highest BCUT2D eigenvalue weighted by Crippen LogP contribution is 2.46. The van der Waals surface area contributed by atoms with Gasteiger partial charge in [0.05, 0.1) is 19.8 Å². The number of nitrogens with one attached hydrogen (secondary N) is 2. The lowest BCUT2D eigenvalue weighted by Crippen LogP contribution is -2.67. The van der Waals surface area contributed by atoms with Gasteiger partial charge < -0.3 is 25.0 Å². The summed E-state index contributed by atoms with van der Waals surface area (Å²) in [6, 6.07) is 6.02. The van der Waals surface area contributed by atoms with Crippen molar-refractivity contribution in [3.05, 3.63) is 29.5 Å². The van der Waals surface area contributed by atoms with Gasteiger partial charge in [-0.2, -0.15) is 0 Å². The summed E-state index contributed by atoms with van der Waals surface area (Å²) < 4.78 is 5.38. The maximum atomic E-state index is 13.0.